The molecule has 0 heterocycles. The molecule has 0 N–H and O–H groups in total. The van der Waals surface area contributed by atoms with E-state index in [-0.39, 0.29) is 5.97 Å². The highest BCUT2D eigenvalue weighted by Gasteiger charge is 1.90. The van der Waals surface area contributed by atoms with Crippen LogP contribution in [0.1, 0.15) is 58.3 Å². The molecule has 0 amide bonds. The summed E-state index contributed by atoms with van der Waals surface area (Å²) in [6, 6.07) is 0. The van der Waals surface area contributed by atoms with Gasteiger partial charge in [-0.05, 0) is 51.4 Å². The predicted octanol–water partition coefficient (Wildman–Crippen LogP) is 4.97. The third-order valence-electron chi connectivity index (χ3n) is 2.67. The van der Waals surface area contributed by atoms with Crippen LogP contribution in [0.3, 0.4) is 0 Å². The standard InChI is InChI=1S/C17H28O2/c1-3-4-5-6-7-8-9-10-11-12-13-14-15-16-19-17(2)18/h3,7-8,12-13H,1,4-6,9-11,14-16H2,2H3/b8-7+,13-12+. The van der Waals surface area contributed by atoms with Crippen LogP contribution in [0.5, 0.6) is 0 Å². The quantitative estimate of drug-likeness (QED) is 0.282. The van der Waals surface area contributed by atoms with Crippen LogP contribution in [0.25, 0.3) is 0 Å². The minimum Gasteiger partial charge on any atom is -0.466 e. The largest absolute Gasteiger partial charge is 0.466 e. The lowest BCUT2D eigenvalue weighted by Gasteiger charge is -1.98. The van der Waals surface area contributed by atoms with Crippen LogP contribution in [0.2, 0.25) is 0 Å². The average Bonchev–Trinajstić information content (AvgIpc) is 2.39. The Morgan fingerprint density at radius 3 is 1.84 bits per heavy atom. The first kappa shape index (κ1) is 17.7. The first-order chi connectivity index (χ1) is 9.27. The number of ether oxygens (including phenoxy) is 1. The average molecular weight is 264 g/mol. The Balaban J connectivity index is 3.20. The molecular weight excluding hydrogens is 236 g/mol. The van der Waals surface area contributed by atoms with Crippen LogP contribution in [-0.4, -0.2) is 12.6 Å². The fourth-order valence-electron chi connectivity index (χ4n) is 1.62. The highest BCUT2D eigenvalue weighted by molar-refractivity contribution is 5.65. The molecule has 0 saturated carbocycles. The second kappa shape index (κ2) is 14.7. The predicted molar refractivity (Wildman–Crippen MR) is 82.0 cm³/mol. The van der Waals surface area contributed by atoms with Gasteiger partial charge in [-0.3, -0.25) is 4.79 Å². The second-order valence-electron chi connectivity index (χ2n) is 4.58. The van der Waals surface area contributed by atoms with Crippen LogP contribution in [0, 0.1) is 0 Å². The third-order valence-corrected chi connectivity index (χ3v) is 2.67. The molecule has 0 bridgehead atoms. The van der Waals surface area contributed by atoms with Gasteiger partial charge in [-0.15, -0.1) is 6.58 Å². The zero-order chi connectivity index (χ0) is 14.2. The number of carbonyl (C=O) groups excluding carboxylic acids is 1. The topological polar surface area (TPSA) is 26.3 Å². The van der Waals surface area contributed by atoms with Gasteiger partial charge < -0.3 is 4.74 Å². The van der Waals surface area contributed by atoms with Gasteiger partial charge in [0.25, 0.3) is 0 Å². The minimum atomic E-state index is -0.191. The van der Waals surface area contributed by atoms with Crippen molar-refractivity contribution >= 4 is 5.97 Å². The Hall–Kier alpha value is -1.31. The number of hydrogen-bond acceptors (Lipinski definition) is 2. The molecule has 0 saturated heterocycles. The molecule has 0 spiro atoms. The Morgan fingerprint density at radius 1 is 0.895 bits per heavy atom. The van der Waals surface area contributed by atoms with Crippen molar-refractivity contribution in [1.82, 2.24) is 0 Å². The van der Waals surface area contributed by atoms with E-state index in [1.807, 2.05) is 6.08 Å². The Labute approximate surface area is 118 Å². The number of rotatable bonds is 12. The van der Waals surface area contributed by atoms with E-state index in [2.05, 4.69) is 30.9 Å². The summed E-state index contributed by atoms with van der Waals surface area (Å²) in [5, 5.41) is 0. The normalized spacial score (nSPS) is 11.2. The van der Waals surface area contributed by atoms with Crippen molar-refractivity contribution in [1.29, 1.82) is 0 Å². The molecule has 0 atom stereocenters. The number of unbranched alkanes of at least 4 members (excludes halogenated alkanes) is 5. The lowest BCUT2D eigenvalue weighted by atomic mass is 10.1. The van der Waals surface area contributed by atoms with Gasteiger partial charge in [0.2, 0.25) is 0 Å². The molecule has 0 aromatic carbocycles. The highest BCUT2D eigenvalue weighted by Crippen LogP contribution is 2.02. The van der Waals surface area contributed by atoms with Gasteiger partial charge in [-0.1, -0.05) is 30.4 Å². The van der Waals surface area contributed by atoms with Crippen LogP contribution in [0.15, 0.2) is 37.0 Å². The van der Waals surface area contributed by atoms with Crippen LogP contribution in [-0.2, 0) is 9.53 Å². The van der Waals surface area contributed by atoms with Gasteiger partial charge in [0, 0.05) is 6.92 Å². The third kappa shape index (κ3) is 16.7. The van der Waals surface area contributed by atoms with Crippen molar-refractivity contribution in [2.75, 3.05) is 6.61 Å². The number of esters is 1. The van der Waals surface area contributed by atoms with Crippen molar-refractivity contribution in [3.05, 3.63) is 37.0 Å². The minimum absolute atomic E-state index is 0.191. The molecule has 2 nitrogen and oxygen atoms in total. The van der Waals surface area contributed by atoms with Crippen LogP contribution >= 0.6 is 0 Å². The number of allylic oxidation sites excluding steroid dienone is 5. The maximum Gasteiger partial charge on any atom is 0.302 e. The van der Waals surface area contributed by atoms with E-state index in [9.17, 15) is 4.79 Å². The summed E-state index contributed by atoms with van der Waals surface area (Å²) in [4.78, 5) is 10.5. The van der Waals surface area contributed by atoms with Gasteiger partial charge in [0.15, 0.2) is 0 Å². The fourth-order valence-corrected chi connectivity index (χ4v) is 1.62. The van der Waals surface area contributed by atoms with Gasteiger partial charge in [-0.25, -0.2) is 0 Å². The molecule has 2 heteroatoms. The smallest absolute Gasteiger partial charge is 0.302 e. The first-order valence-electron chi connectivity index (χ1n) is 7.31. The molecule has 19 heavy (non-hydrogen) atoms. The second-order valence-corrected chi connectivity index (χ2v) is 4.58. The Morgan fingerprint density at radius 2 is 1.37 bits per heavy atom. The van der Waals surface area contributed by atoms with Crippen molar-refractivity contribution in [3.8, 4) is 0 Å². The molecule has 0 aliphatic heterocycles. The molecule has 0 fully saturated rings. The number of hydrogen-bond donors (Lipinski definition) is 0. The maximum absolute atomic E-state index is 10.5. The first-order valence-corrected chi connectivity index (χ1v) is 7.31. The summed E-state index contributed by atoms with van der Waals surface area (Å²) in [7, 11) is 0. The molecule has 0 aromatic rings. The van der Waals surface area contributed by atoms with E-state index >= 15 is 0 Å². The lowest BCUT2D eigenvalue weighted by Crippen LogP contribution is -1.99. The summed E-state index contributed by atoms with van der Waals surface area (Å²) in [6.07, 6.45) is 19.8. The van der Waals surface area contributed by atoms with E-state index in [1.54, 1.807) is 0 Å². The SMILES string of the molecule is C=CCCC/C=C/CCC/C=C/CCCOC(C)=O. The molecule has 0 unspecified atom stereocenters. The van der Waals surface area contributed by atoms with Gasteiger partial charge >= 0.3 is 5.97 Å². The summed E-state index contributed by atoms with van der Waals surface area (Å²) in [5.41, 5.74) is 0. The van der Waals surface area contributed by atoms with Gasteiger partial charge in [-0.2, -0.15) is 0 Å². The molecule has 108 valence electrons. The zero-order valence-corrected chi connectivity index (χ0v) is 12.3. The molecule has 0 aliphatic carbocycles. The van der Waals surface area contributed by atoms with Crippen LogP contribution in [0.4, 0.5) is 0 Å². The highest BCUT2D eigenvalue weighted by atomic mass is 16.5. The Kier molecular flexibility index (Phi) is 13.7. The van der Waals surface area contributed by atoms with Crippen molar-refractivity contribution < 1.29 is 9.53 Å². The van der Waals surface area contributed by atoms with Crippen molar-refractivity contribution in [2.45, 2.75) is 58.3 Å². The van der Waals surface area contributed by atoms with Gasteiger partial charge in [0.1, 0.15) is 0 Å². The van der Waals surface area contributed by atoms with Gasteiger partial charge in [0.05, 0.1) is 6.61 Å². The van der Waals surface area contributed by atoms with E-state index in [0.29, 0.717) is 6.61 Å². The summed E-state index contributed by atoms with van der Waals surface area (Å²) in [6.45, 7) is 5.69. The van der Waals surface area contributed by atoms with E-state index < -0.39 is 0 Å². The van der Waals surface area contributed by atoms with Crippen molar-refractivity contribution in [3.63, 3.8) is 0 Å². The molecule has 0 rings (SSSR count). The van der Waals surface area contributed by atoms with E-state index in [0.717, 1.165) is 38.5 Å². The zero-order valence-electron chi connectivity index (χ0n) is 12.3. The molecule has 0 aliphatic rings. The monoisotopic (exact) mass is 264 g/mol. The van der Waals surface area contributed by atoms with Crippen molar-refractivity contribution in [2.24, 2.45) is 0 Å². The van der Waals surface area contributed by atoms with Crippen LogP contribution < -0.4 is 0 Å². The molecular formula is C17H28O2. The number of carbonyl (C=O) groups is 1. The van der Waals surface area contributed by atoms with E-state index in [4.69, 9.17) is 4.74 Å². The summed E-state index contributed by atoms with van der Waals surface area (Å²) < 4.78 is 4.85. The molecule has 0 aromatic heterocycles. The lowest BCUT2D eigenvalue weighted by molar-refractivity contribution is -0.141. The maximum atomic E-state index is 10.5. The molecule has 0 radical (unpaired) electrons. The summed E-state index contributed by atoms with van der Waals surface area (Å²) in [5.74, 6) is -0.191. The Bertz CT molecular complexity index is 277. The van der Waals surface area contributed by atoms with E-state index in [1.165, 1.54) is 19.8 Å². The fraction of sp³-hybridized carbons (Fsp3) is 0.588. The summed E-state index contributed by atoms with van der Waals surface area (Å²) >= 11 is 0.